The van der Waals surface area contributed by atoms with Crippen LogP contribution in [0.1, 0.15) is 43.2 Å². The Kier molecular flexibility index (Phi) is 7.30. The third-order valence-corrected chi connectivity index (χ3v) is 6.58. The summed E-state index contributed by atoms with van der Waals surface area (Å²) in [7, 11) is 0. The van der Waals surface area contributed by atoms with E-state index in [0.29, 0.717) is 50.4 Å². The van der Waals surface area contributed by atoms with Crippen LogP contribution in [0.4, 0.5) is 24.7 Å². The molecule has 6 nitrogen and oxygen atoms in total. The third kappa shape index (κ3) is 5.81. The van der Waals surface area contributed by atoms with E-state index < -0.39 is 11.7 Å². The number of rotatable bonds is 5. The second-order valence-corrected chi connectivity index (χ2v) is 9.16. The summed E-state index contributed by atoms with van der Waals surface area (Å²) in [6.07, 6.45) is -0.118. The van der Waals surface area contributed by atoms with Gasteiger partial charge >= 0.3 is 6.18 Å². The first-order valence-electron chi connectivity index (χ1n) is 11.4. The number of hydrogen-bond acceptors (Lipinski definition) is 4. The van der Waals surface area contributed by atoms with Gasteiger partial charge in [0.15, 0.2) is 0 Å². The maximum Gasteiger partial charge on any atom is 0.417 e. The van der Waals surface area contributed by atoms with E-state index in [4.69, 9.17) is 11.6 Å². The van der Waals surface area contributed by atoms with Crippen molar-refractivity contribution in [2.45, 2.75) is 44.8 Å². The van der Waals surface area contributed by atoms with E-state index in [-0.39, 0.29) is 22.8 Å². The number of likely N-dealkylation sites (tertiary alicyclic amines) is 1. The second-order valence-electron chi connectivity index (χ2n) is 8.75. The van der Waals surface area contributed by atoms with Crippen LogP contribution in [0.3, 0.4) is 0 Å². The van der Waals surface area contributed by atoms with Crippen LogP contribution in [0.15, 0.2) is 36.5 Å². The van der Waals surface area contributed by atoms with Crippen LogP contribution in [-0.4, -0.2) is 41.3 Å². The second kappa shape index (κ2) is 10.2. The molecule has 0 atom stereocenters. The summed E-state index contributed by atoms with van der Waals surface area (Å²) in [5, 5.41) is 2.91. The smallest absolute Gasteiger partial charge is 0.355 e. The number of carbonyl (C=O) groups excluding carboxylic acids is 2. The zero-order valence-electron chi connectivity index (χ0n) is 18.6. The van der Waals surface area contributed by atoms with E-state index >= 15 is 0 Å². The molecule has 0 bridgehead atoms. The van der Waals surface area contributed by atoms with Crippen molar-refractivity contribution in [3.8, 4) is 0 Å². The van der Waals surface area contributed by atoms with Gasteiger partial charge in [0.1, 0.15) is 5.82 Å². The van der Waals surface area contributed by atoms with Gasteiger partial charge in [-0.1, -0.05) is 23.7 Å². The normalized spacial score (nSPS) is 17.7. The average molecular weight is 495 g/mol. The molecule has 10 heteroatoms. The summed E-state index contributed by atoms with van der Waals surface area (Å²) in [5.41, 5.74) is 0.759. The highest BCUT2D eigenvalue weighted by Crippen LogP contribution is 2.34. The minimum absolute atomic E-state index is 0.0540. The molecule has 1 aromatic carbocycles. The molecule has 2 aromatic rings. The highest BCUT2D eigenvalue weighted by atomic mass is 35.5. The zero-order chi connectivity index (χ0) is 24.3. The van der Waals surface area contributed by atoms with Gasteiger partial charge in [-0.3, -0.25) is 9.59 Å². The Bertz CT molecular complexity index is 1050. The lowest BCUT2D eigenvalue weighted by Gasteiger charge is -2.32. The predicted molar refractivity (Wildman–Crippen MR) is 124 cm³/mol. The summed E-state index contributed by atoms with van der Waals surface area (Å²) in [4.78, 5) is 32.5. The minimum atomic E-state index is -4.50. The molecule has 182 valence electrons. The first kappa shape index (κ1) is 24.3. The first-order valence-corrected chi connectivity index (χ1v) is 11.7. The average Bonchev–Trinajstić information content (AvgIpc) is 2.80. The molecule has 1 N–H and O–H groups in total. The quantitative estimate of drug-likeness (QED) is 0.626. The molecule has 2 saturated heterocycles. The molecule has 3 heterocycles. The van der Waals surface area contributed by atoms with E-state index in [1.54, 1.807) is 0 Å². The number of pyridine rings is 1. The van der Waals surface area contributed by atoms with Crippen molar-refractivity contribution in [2.24, 2.45) is 5.92 Å². The van der Waals surface area contributed by atoms with Crippen molar-refractivity contribution < 1.29 is 22.8 Å². The Morgan fingerprint density at radius 3 is 2.59 bits per heavy atom. The molecule has 0 radical (unpaired) electrons. The highest BCUT2D eigenvalue weighted by Gasteiger charge is 2.33. The number of aromatic nitrogens is 1. The number of nitrogens with one attached hydrogen (secondary N) is 1. The topological polar surface area (TPSA) is 65.5 Å². The number of amides is 2. The summed E-state index contributed by atoms with van der Waals surface area (Å²) in [5.74, 6) is 0.137. The summed E-state index contributed by atoms with van der Waals surface area (Å²) >= 11 is 6.06. The predicted octanol–water partition coefficient (Wildman–Crippen LogP) is 5.12. The van der Waals surface area contributed by atoms with E-state index in [1.807, 2.05) is 34.1 Å². The Hall–Kier alpha value is -2.81. The molecule has 2 amide bonds. The van der Waals surface area contributed by atoms with Crippen LogP contribution in [-0.2, 0) is 22.3 Å². The summed E-state index contributed by atoms with van der Waals surface area (Å²) < 4.78 is 38.5. The van der Waals surface area contributed by atoms with E-state index in [0.717, 1.165) is 37.2 Å². The zero-order valence-corrected chi connectivity index (χ0v) is 19.3. The fourth-order valence-electron chi connectivity index (χ4n) is 4.41. The van der Waals surface area contributed by atoms with E-state index in [1.165, 1.54) is 0 Å². The first-order chi connectivity index (χ1) is 16.2. The van der Waals surface area contributed by atoms with Crippen molar-refractivity contribution in [2.75, 3.05) is 29.9 Å². The molecule has 34 heavy (non-hydrogen) atoms. The lowest BCUT2D eigenvalue weighted by molar-refractivity contribution is -0.138. The standard InChI is InChI=1S/C24H26ClF3N4O2/c25-20-13-18(24(26,27)28)14-29-22(20)31-10-7-17(8-11-31)23(34)30-19-5-3-4-16(12-19)15-32-9-2-1-6-21(32)33/h3-5,12-14,17H,1-2,6-11,15H2,(H,30,34). The fraction of sp³-hybridized carbons (Fsp3) is 0.458. The van der Waals surface area contributed by atoms with Crippen LogP contribution >= 0.6 is 11.6 Å². The molecule has 0 aliphatic carbocycles. The SMILES string of the molecule is O=C(Nc1cccc(CN2CCCCC2=O)c1)C1CCN(c2ncc(C(F)(F)F)cc2Cl)CC1. The van der Waals surface area contributed by atoms with Gasteiger partial charge in [0.2, 0.25) is 11.8 Å². The third-order valence-electron chi connectivity index (χ3n) is 6.30. The van der Waals surface area contributed by atoms with Gasteiger partial charge in [-0.25, -0.2) is 4.98 Å². The lowest BCUT2D eigenvalue weighted by Crippen LogP contribution is -2.38. The van der Waals surface area contributed by atoms with Crippen molar-refractivity contribution in [3.63, 3.8) is 0 Å². The van der Waals surface area contributed by atoms with Crippen LogP contribution in [0.2, 0.25) is 5.02 Å². The molecule has 0 unspecified atom stereocenters. The molecule has 2 aliphatic heterocycles. The van der Waals surface area contributed by atoms with Gasteiger partial charge in [-0.2, -0.15) is 13.2 Å². The van der Waals surface area contributed by atoms with Crippen LogP contribution in [0.5, 0.6) is 0 Å². The maximum absolute atomic E-state index is 12.8. The highest BCUT2D eigenvalue weighted by molar-refractivity contribution is 6.33. The number of piperidine rings is 2. The molecule has 0 spiro atoms. The van der Waals surface area contributed by atoms with Crippen molar-refractivity contribution in [3.05, 3.63) is 52.7 Å². The monoisotopic (exact) mass is 494 g/mol. The largest absolute Gasteiger partial charge is 0.417 e. The molecule has 0 saturated carbocycles. The number of alkyl halides is 3. The number of anilines is 2. The van der Waals surface area contributed by atoms with Gasteiger partial charge in [0.05, 0.1) is 10.6 Å². The van der Waals surface area contributed by atoms with Crippen molar-refractivity contribution in [1.29, 1.82) is 0 Å². The van der Waals surface area contributed by atoms with Gasteiger partial charge in [-0.05, 0) is 49.4 Å². The minimum Gasteiger partial charge on any atom is -0.355 e. The van der Waals surface area contributed by atoms with Crippen molar-refractivity contribution >= 4 is 34.9 Å². The Morgan fingerprint density at radius 2 is 1.91 bits per heavy atom. The van der Waals surface area contributed by atoms with E-state index in [9.17, 15) is 22.8 Å². The molecular weight excluding hydrogens is 469 g/mol. The van der Waals surface area contributed by atoms with Crippen LogP contribution in [0, 0.1) is 5.92 Å². The van der Waals surface area contributed by atoms with Crippen molar-refractivity contribution in [1.82, 2.24) is 9.88 Å². The van der Waals surface area contributed by atoms with Gasteiger partial charge in [-0.15, -0.1) is 0 Å². The number of benzene rings is 1. The fourth-order valence-corrected chi connectivity index (χ4v) is 4.70. The van der Waals surface area contributed by atoms with Gasteiger partial charge in [0, 0.05) is 50.4 Å². The summed E-state index contributed by atoms with van der Waals surface area (Å²) in [6, 6.07) is 8.39. The molecular formula is C24H26ClF3N4O2. The maximum atomic E-state index is 12.8. The molecule has 2 fully saturated rings. The summed E-state index contributed by atoms with van der Waals surface area (Å²) in [6.45, 7) is 2.22. The lowest BCUT2D eigenvalue weighted by atomic mass is 9.95. The van der Waals surface area contributed by atoms with Gasteiger partial charge < -0.3 is 15.1 Å². The Labute approximate surface area is 201 Å². The molecule has 1 aromatic heterocycles. The van der Waals surface area contributed by atoms with E-state index in [2.05, 4.69) is 10.3 Å². The Balaban J connectivity index is 1.32. The number of halogens is 4. The van der Waals surface area contributed by atoms with Crippen LogP contribution < -0.4 is 10.2 Å². The molecule has 4 rings (SSSR count). The van der Waals surface area contributed by atoms with Crippen LogP contribution in [0.25, 0.3) is 0 Å². The van der Waals surface area contributed by atoms with Gasteiger partial charge in [0.25, 0.3) is 0 Å². The molecule has 2 aliphatic rings. The Morgan fingerprint density at radius 1 is 1.15 bits per heavy atom. The number of nitrogens with zero attached hydrogens (tertiary/aromatic N) is 3. The number of hydrogen-bond donors (Lipinski definition) is 1. The number of carbonyl (C=O) groups is 2.